The van der Waals surface area contributed by atoms with Crippen LogP contribution in [0.2, 0.25) is 0 Å². The van der Waals surface area contributed by atoms with Gasteiger partial charge in [-0.2, -0.15) is 0 Å². The highest BCUT2D eigenvalue weighted by atomic mass is 16.5. The molecule has 0 saturated carbocycles. The molecule has 0 spiro atoms. The third-order valence-corrected chi connectivity index (χ3v) is 1.96. The molecule has 0 bridgehead atoms. The van der Waals surface area contributed by atoms with E-state index in [9.17, 15) is 4.79 Å². The van der Waals surface area contributed by atoms with Crippen LogP contribution in [0.15, 0.2) is 11.8 Å². The van der Waals surface area contributed by atoms with E-state index in [0.29, 0.717) is 6.42 Å². The summed E-state index contributed by atoms with van der Waals surface area (Å²) in [6.45, 7) is 2.12. The predicted molar refractivity (Wildman–Crippen MR) is 47.6 cm³/mol. The molecule has 2 nitrogen and oxygen atoms in total. The second-order valence-corrected chi connectivity index (χ2v) is 3.14. The molecule has 1 heterocycles. The van der Waals surface area contributed by atoms with E-state index >= 15 is 0 Å². The van der Waals surface area contributed by atoms with Gasteiger partial charge in [-0.3, -0.25) is 4.79 Å². The Hall–Kier alpha value is -0.790. The summed E-state index contributed by atoms with van der Waals surface area (Å²) in [6.07, 6.45) is 7.76. The summed E-state index contributed by atoms with van der Waals surface area (Å²) in [6, 6.07) is 0. The number of hydrogen-bond acceptors (Lipinski definition) is 2. The molecule has 0 aromatic carbocycles. The lowest BCUT2D eigenvalue weighted by molar-refractivity contribution is -0.139. The van der Waals surface area contributed by atoms with Crippen molar-refractivity contribution in [2.24, 2.45) is 0 Å². The van der Waals surface area contributed by atoms with E-state index in [0.717, 1.165) is 37.9 Å². The summed E-state index contributed by atoms with van der Waals surface area (Å²) in [7, 11) is 0. The van der Waals surface area contributed by atoms with Crippen LogP contribution in [0.25, 0.3) is 0 Å². The normalized spacial score (nSPS) is 22.1. The highest BCUT2D eigenvalue weighted by Crippen LogP contribution is 2.17. The maximum absolute atomic E-state index is 11.0. The fraction of sp³-hybridized carbons (Fsp3) is 0.700. The summed E-state index contributed by atoms with van der Waals surface area (Å²) < 4.78 is 5.14. The average Bonchev–Trinajstić information content (AvgIpc) is 2.26. The zero-order valence-electron chi connectivity index (χ0n) is 7.64. The molecular weight excluding hydrogens is 152 g/mol. The van der Waals surface area contributed by atoms with Gasteiger partial charge in [0, 0.05) is 12.8 Å². The minimum Gasteiger partial charge on any atom is -0.431 e. The number of cyclic esters (lactones) is 1. The first kappa shape index (κ1) is 9.30. The molecule has 12 heavy (non-hydrogen) atoms. The first-order valence-corrected chi connectivity index (χ1v) is 4.72. The second-order valence-electron chi connectivity index (χ2n) is 3.14. The van der Waals surface area contributed by atoms with Crippen LogP contribution in [-0.2, 0) is 9.53 Å². The van der Waals surface area contributed by atoms with Crippen LogP contribution >= 0.6 is 0 Å². The molecule has 0 radical (unpaired) electrons. The zero-order chi connectivity index (χ0) is 8.81. The largest absolute Gasteiger partial charge is 0.431 e. The Morgan fingerprint density at radius 2 is 2.17 bits per heavy atom. The van der Waals surface area contributed by atoms with E-state index in [1.807, 2.05) is 6.08 Å². The van der Waals surface area contributed by atoms with Gasteiger partial charge in [-0.25, -0.2) is 0 Å². The van der Waals surface area contributed by atoms with Gasteiger partial charge in [0.05, 0.1) is 0 Å². The lowest BCUT2D eigenvalue weighted by Crippen LogP contribution is -1.99. The molecule has 0 aromatic rings. The fourth-order valence-corrected chi connectivity index (χ4v) is 1.27. The number of unbranched alkanes of at least 4 members (excludes halogenated alkanes) is 1. The van der Waals surface area contributed by atoms with E-state index in [4.69, 9.17) is 4.74 Å². The molecule has 1 fully saturated rings. The topological polar surface area (TPSA) is 26.3 Å². The molecule has 0 aromatic heterocycles. The Bertz CT molecular complexity index is 182. The standard InChI is InChI=1S/C10H16O2/c1-2-3-6-9-7-4-5-8-10(11)12-9/h6H,2-5,7-8H2,1H3/b9-6-. The molecule has 2 heteroatoms. The highest BCUT2D eigenvalue weighted by molar-refractivity contribution is 5.70. The minimum absolute atomic E-state index is 0.0603. The number of esters is 1. The van der Waals surface area contributed by atoms with Crippen molar-refractivity contribution in [3.05, 3.63) is 11.8 Å². The van der Waals surface area contributed by atoms with Gasteiger partial charge in [-0.1, -0.05) is 13.3 Å². The zero-order valence-corrected chi connectivity index (χ0v) is 7.64. The van der Waals surface area contributed by atoms with Crippen LogP contribution in [0.1, 0.15) is 45.4 Å². The number of ether oxygens (including phenoxy) is 1. The number of carbonyl (C=O) groups is 1. The molecule has 1 saturated heterocycles. The first-order chi connectivity index (χ1) is 5.83. The predicted octanol–water partition coefficient (Wildman–Crippen LogP) is 2.79. The lowest BCUT2D eigenvalue weighted by Gasteiger charge is -2.02. The van der Waals surface area contributed by atoms with Crippen LogP contribution in [0.5, 0.6) is 0 Å². The Kier molecular flexibility index (Phi) is 3.85. The van der Waals surface area contributed by atoms with Crippen molar-refractivity contribution < 1.29 is 9.53 Å². The highest BCUT2D eigenvalue weighted by Gasteiger charge is 2.11. The van der Waals surface area contributed by atoms with Crippen molar-refractivity contribution in [2.45, 2.75) is 45.4 Å². The molecule has 1 aliphatic heterocycles. The van der Waals surface area contributed by atoms with E-state index in [1.54, 1.807) is 0 Å². The van der Waals surface area contributed by atoms with Crippen molar-refractivity contribution in [3.63, 3.8) is 0 Å². The Morgan fingerprint density at radius 1 is 1.42 bits per heavy atom. The van der Waals surface area contributed by atoms with Crippen LogP contribution in [0, 0.1) is 0 Å². The van der Waals surface area contributed by atoms with E-state index < -0.39 is 0 Å². The summed E-state index contributed by atoms with van der Waals surface area (Å²) >= 11 is 0. The van der Waals surface area contributed by atoms with E-state index in [2.05, 4.69) is 6.92 Å². The van der Waals surface area contributed by atoms with Crippen molar-refractivity contribution in [1.29, 1.82) is 0 Å². The Labute approximate surface area is 73.6 Å². The summed E-state index contributed by atoms with van der Waals surface area (Å²) in [5.74, 6) is 0.828. The molecule has 68 valence electrons. The van der Waals surface area contributed by atoms with Gasteiger partial charge < -0.3 is 4.74 Å². The van der Waals surface area contributed by atoms with Crippen molar-refractivity contribution >= 4 is 5.97 Å². The molecule has 0 atom stereocenters. The Morgan fingerprint density at radius 3 is 2.92 bits per heavy atom. The summed E-state index contributed by atoms with van der Waals surface area (Å²) in [5.41, 5.74) is 0. The fourth-order valence-electron chi connectivity index (χ4n) is 1.27. The van der Waals surface area contributed by atoms with Crippen molar-refractivity contribution in [1.82, 2.24) is 0 Å². The third kappa shape index (κ3) is 3.07. The van der Waals surface area contributed by atoms with Gasteiger partial charge in [-0.15, -0.1) is 0 Å². The van der Waals surface area contributed by atoms with E-state index in [-0.39, 0.29) is 5.97 Å². The van der Waals surface area contributed by atoms with Crippen LogP contribution in [0.4, 0.5) is 0 Å². The number of carbonyl (C=O) groups excluding carboxylic acids is 1. The first-order valence-electron chi connectivity index (χ1n) is 4.72. The lowest BCUT2D eigenvalue weighted by atomic mass is 10.2. The van der Waals surface area contributed by atoms with Crippen LogP contribution in [0.3, 0.4) is 0 Å². The number of hydrogen-bond donors (Lipinski definition) is 0. The maximum Gasteiger partial charge on any atom is 0.310 e. The van der Waals surface area contributed by atoms with Crippen LogP contribution in [-0.4, -0.2) is 5.97 Å². The molecule has 0 unspecified atom stereocenters. The molecule has 1 rings (SSSR count). The van der Waals surface area contributed by atoms with Gasteiger partial charge in [0.1, 0.15) is 5.76 Å². The number of rotatable bonds is 2. The SMILES string of the molecule is CCC/C=C1/CCCCC(=O)O1. The molecule has 0 aliphatic carbocycles. The summed E-state index contributed by atoms with van der Waals surface area (Å²) in [5, 5.41) is 0. The quantitative estimate of drug-likeness (QED) is 0.592. The third-order valence-electron chi connectivity index (χ3n) is 1.96. The van der Waals surface area contributed by atoms with E-state index in [1.165, 1.54) is 0 Å². The van der Waals surface area contributed by atoms with Crippen molar-refractivity contribution in [3.8, 4) is 0 Å². The van der Waals surface area contributed by atoms with Gasteiger partial charge in [0.15, 0.2) is 0 Å². The molecule has 0 amide bonds. The van der Waals surface area contributed by atoms with Gasteiger partial charge in [0.25, 0.3) is 0 Å². The smallest absolute Gasteiger partial charge is 0.310 e. The summed E-state index contributed by atoms with van der Waals surface area (Å²) in [4.78, 5) is 11.0. The van der Waals surface area contributed by atoms with Gasteiger partial charge in [0.2, 0.25) is 0 Å². The molecular formula is C10H16O2. The monoisotopic (exact) mass is 168 g/mol. The van der Waals surface area contributed by atoms with Gasteiger partial charge in [-0.05, 0) is 25.3 Å². The average molecular weight is 168 g/mol. The molecule has 0 N–H and O–H groups in total. The Balaban J connectivity index is 2.45. The maximum atomic E-state index is 11.0. The van der Waals surface area contributed by atoms with Crippen LogP contribution < -0.4 is 0 Å². The molecule has 1 aliphatic rings. The second kappa shape index (κ2) is 4.96. The number of allylic oxidation sites excluding steroid dienone is 2. The minimum atomic E-state index is -0.0603. The van der Waals surface area contributed by atoms with Crippen molar-refractivity contribution in [2.75, 3.05) is 0 Å². The van der Waals surface area contributed by atoms with Gasteiger partial charge >= 0.3 is 5.97 Å².